The average molecular weight is 262 g/mol. The Kier molecular flexibility index (Phi) is 5.04. The van der Waals surface area contributed by atoms with Gasteiger partial charge >= 0.3 is 0 Å². The van der Waals surface area contributed by atoms with E-state index in [1.54, 1.807) is 38.2 Å². The van der Waals surface area contributed by atoms with Gasteiger partial charge in [-0.3, -0.25) is 4.79 Å². The molecule has 1 aromatic rings. The largest absolute Gasteiger partial charge is 0.396 e. The van der Waals surface area contributed by atoms with Crippen LogP contribution < -0.4 is 0 Å². The lowest BCUT2D eigenvalue weighted by molar-refractivity contribution is 0.0366. The van der Waals surface area contributed by atoms with Gasteiger partial charge in [0.1, 0.15) is 0 Å². The number of hydrogen-bond acceptors (Lipinski definition) is 4. The lowest BCUT2D eigenvalue weighted by Crippen LogP contribution is -2.41. The van der Waals surface area contributed by atoms with Crippen LogP contribution >= 0.6 is 0 Å². The van der Waals surface area contributed by atoms with E-state index < -0.39 is 5.41 Å². The number of benzene rings is 1. The number of aliphatic hydroxyl groups excluding tert-OH is 2. The first-order valence-corrected chi connectivity index (χ1v) is 5.93. The van der Waals surface area contributed by atoms with Crippen LogP contribution in [0, 0.1) is 16.7 Å². The van der Waals surface area contributed by atoms with Crippen molar-refractivity contribution in [3.63, 3.8) is 0 Å². The van der Waals surface area contributed by atoms with Crippen LogP contribution in [0.4, 0.5) is 0 Å². The molecule has 1 rings (SSSR count). The molecule has 0 fully saturated rings. The molecular formula is C14H18N2O3. The minimum absolute atomic E-state index is 0.200. The van der Waals surface area contributed by atoms with Crippen molar-refractivity contribution in [2.45, 2.75) is 6.92 Å². The summed E-state index contributed by atoms with van der Waals surface area (Å²) in [5, 5.41) is 27.1. The maximum absolute atomic E-state index is 12.1. The van der Waals surface area contributed by atoms with Crippen LogP contribution in [0.2, 0.25) is 0 Å². The molecule has 0 unspecified atom stereocenters. The minimum Gasteiger partial charge on any atom is -0.396 e. The molecular weight excluding hydrogens is 244 g/mol. The van der Waals surface area contributed by atoms with Crippen molar-refractivity contribution in [2.75, 3.05) is 26.8 Å². The molecule has 0 atom stereocenters. The standard InChI is InChI=1S/C14H18N2O3/c1-14(9-17,10-18)8-16(2)13(19)12-5-3-11(7-15)4-6-12/h3-6,17-18H,8-10H2,1-2H3. The molecule has 5 nitrogen and oxygen atoms in total. The van der Waals surface area contributed by atoms with Crippen LogP contribution in [0.25, 0.3) is 0 Å². The van der Waals surface area contributed by atoms with Crippen LogP contribution in [0.3, 0.4) is 0 Å². The Balaban J connectivity index is 2.79. The third-order valence-corrected chi connectivity index (χ3v) is 2.99. The molecule has 0 saturated heterocycles. The molecule has 0 spiro atoms. The van der Waals surface area contributed by atoms with Crippen molar-refractivity contribution >= 4 is 5.91 Å². The van der Waals surface area contributed by atoms with Gasteiger partial charge in [0.05, 0.1) is 24.8 Å². The fraction of sp³-hybridized carbons (Fsp3) is 0.429. The lowest BCUT2D eigenvalue weighted by atomic mass is 9.92. The van der Waals surface area contributed by atoms with Crippen LogP contribution in [-0.2, 0) is 0 Å². The highest BCUT2D eigenvalue weighted by Crippen LogP contribution is 2.17. The van der Waals surface area contributed by atoms with Gasteiger partial charge in [0.25, 0.3) is 5.91 Å². The van der Waals surface area contributed by atoms with Crippen molar-refractivity contribution in [2.24, 2.45) is 5.41 Å². The zero-order valence-electron chi connectivity index (χ0n) is 11.1. The van der Waals surface area contributed by atoms with Crippen LogP contribution in [0.1, 0.15) is 22.8 Å². The van der Waals surface area contributed by atoms with E-state index in [0.29, 0.717) is 11.1 Å². The fourth-order valence-electron chi connectivity index (χ4n) is 1.70. The maximum Gasteiger partial charge on any atom is 0.253 e. The predicted molar refractivity (Wildman–Crippen MR) is 70.4 cm³/mol. The number of rotatable bonds is 5. The smallest absolute Gasteiger partial charge is 0.253 e. The predicted octanol–water partition coefficient (Wildman–Crippen LogP) is 0.621. The second-order valence-corrected chi connectivity index (χ2v) is 4.98. The molecule has 2 N–H and O–H groups in total. The topological polar surface area (TPSA) is 84.6 Å². The number of amides is 1. The van der Waals surface area contributed by atoms with Crippen molar-refractivity contribution in [1.82, 2.24) is 4.90 Å². The van der Waals surface area contributed by atoms with Crippen molar-refractivity contribution in [1.29, 1.82) is 5.26 Å². The Labute approximate surface area is 112 Å². The summed E-state index contributed by atoms with van der Waals surface area (Å²) < 4.78 is 0. The Hall–Kier alpha value is -1.90. The van der Waals surface area contributed by atoms with E-state index in [1.807, 2.05) is 6.07 Å². The first-order chi connectivity index (χ1) is 8.95. The molecule has 0 saturated carbocycles. The number of nitrogens with zero attached hydrogens (tertiary/aromatic N) is 2. The summed E-state index contributed by atoms with van der Waals surface area (Å²) in [6.07, 6.45) is 0. The molecule has 0 aliphatic rings. The number of carbonyl (C=O) groups excluding carboxylic acids is 1. The average Bonchev–Trinajstić information content (AvgIpc) is 2.46. The van der Waals surface area contributed by atoms with E-state index in [9.17, 15) is 15.0 Å². The third-order valence-electron chi connectivity index (χ3n) is 2.99. The summed E-state index contributed by atoms with van der Waals surface area (Å²) in [7, 11) is 1.62. The summed E-state index contributed by atoms with van der Waals surface area (Å²) in [5.41, 5.74) is 0.242. The number of carbonyl (C=O) groups is 1. The molecule has 0 heterocycles. The minimum atomic E-state index is -0.725. The monoisotopic (exact) mass is 262 g/mol. The number of nitriles is 1. The molecule has 0 bridgehead atoms. The molecule has 19 heavy (non-hydrogen) atoms. The summed E-state index contributed by atoms with van der Waals surface area (Å²) in [6, 6.07) is 8.33. The van der Waals surface area contributed by atoms with E-state index in [4.69, 9.17) is 5.26 Å². The molecule has 5 heteroatoms. The van der Waals surface area contributed by atoms with Crippen molar-refractivity contribution < 1.29 is 15.0 Å². The summed E-state index contributed by atoms with van der Waals surface area (Å²) in [5.74, 6) is -0.211. The van der Waals surface area contributed by atoms with Crippen LogP contribution in [0.5, 0.6) is 0 Å². The molecule has 0 aromatic heterocycles. The summed E-state index contributed by atoms with van der Waals surface area (Å²) in [6.45, 7) is 1.55. The van der Waals surface area contributed by atoms with Gasteiger partial charge in [-0.05, 0) is 24.3 Å². The van der Waals surface area contributed by atoms with Gasteiger partial charge in [-0.1, -0.05) is 6.92 Å². The second kappa shape index (κ2) is 6.32. The molecule has 1 aromatic carbocycles. The van der Waals surface area contributed by atoms with E-state index in [1.165, 1.54) is 4.90 Å². The first-order valence-electron chi connectivity index (χ1n) is 5.93. The highest BCUT2D eigenvalue weighted by molar-refractivity contribution is 5.94. The lowest BCUT2D eigenvalue weighted by Gasteiger charge is -2.30. The SMILES string of the molecule is CN(CC(C)(CO)CO)C(=O)c1ccc(C#N)cc1. The highest BCUT2D eigenvalue weighted by atomic mass is 16.3. The van der Waals surface area contributed by atoms with E-state index in [0.717, 1.165) is 0 Å². The van der Waals surface area contributed by atoms with Gasteiger partial charge in [0.2, 0.25) is 0 Å². The van der Waals surface area contributed by atoms with Gasteiger partial charge in [-0.25, -0.2) is 0 Å². The van der Waals surface area contributed by atoms with Crippen LogP contribution in [-0.4, -0.2) is 47.8 Å². The maximum atomic E-state index is 12.1. The quantitative estimate of drug-likeness (QED) is 0.814. The van der Waals surface area contributed by atoms with Gasteiger partial charge in [0, 0.05) is 24.6 Å². The summed E-state index contributed by atoms with van der Waals surface area (Å²) in [4.78, 5) is 13.6. The molecule has 0 aliphatic heterocycles. The number of aliphatic hydroxyl groups is 2. The normalized spacial score (nSPS) is 10.9. The Morgan fingerprint density at radius 3 is 2.26 bits per heavy atom. The van der Waals surface area contributed by atoms with E-state index >= 15 is 0 Å². The van der Waals surface area contributed by atoms with Crippen molar-refractivity contribution in [3.05, 3.63) is 35.4 Å². The highest BCUT2D eigenvalue weighted by Gasteiger charge is 2.26. The van der Waals surface area contributed by atoms with Gasteiger partial charge in [-0.15, -0.1) is 0 Å². The second-order valence-electron chi connectivity index (χ2n) is 4.98. The van der Waals surface area contributed by atoms with Gasteiger partial charge in [-0.2, -0.15) is 5.26 Å². The Morgan fingerprint density at radius 2 is 1.84 bits per heavy atom. The van der Waals surface area contributed by atoms with Crippen LogP contribution in [0.15, 0.2) is 24.3 Å². The van der Waals surface area contributed by atoms with Crippen molar-refractivity contribution in [3.8, 4) is 6.07 Å². The zero-order valence-corrected chi connectivity index (χ0v) is 11.1. The molecule has 102 valence electrons. The van der Waals surface area contributed by atoms with Gasteiger partial charge < -0.3 is 15.1 Å². The van der Waals surface area contributed by atoms with Gasteiger partial charge in [0.15, 0.2) is 0 Å². The first kappa shape index (κ1) is 15.2. The molecule has 0 aliphatic carbocycles. The van der Waals surface area contributed by atoms with E-state index in [-0.39, 0.29) is 25.7 Å². The summed E-state index contributed by atoms with van der Waals surface area (Å²) >= 11 is 0. The Bertz CT molecular complexity index is 472. The van der Waals surface area contributed by atoms with E-state index in [2.05, 4.69) is 0 Å². The number of hydrogen-bond donors (Lipinski definition) is 2. The third kappa shape index (κ3) is 3.78. The molecule has 0 radical (unpaired) electrons. The zero-order chi connectivity index (χ0) is 14.5. The fourth-order valence-corrected chi connectivity index (χ4v) is 1.70. The Morgan fingerprint density at radius 1 is 1.32 bits per heavy atom. The molecule has 1 amide bonds.